The molecule has 19 heavy (non-hydrogen) atoms. The Balaban J connectivity index is 2.62. The molecule has 0 saturated carbocycles. The predicted octanol–water partition coefficient (Wildman–Crippen LogP) is 2.76. The molecule has 1 rings (SSSR count). The van der Waals surface area contributed by atoms with E-state index in [4.69, 9.17) is 4.74 Å². The van der Waals surface area contributed by atoms with Crippen molar-refractivity contribution >= 4 is 0 Å². The van der Waals surface area contributed by atoms with Crippen LogP contribution in [0.15, 0.2) is 0 Å². The Morgan fingerprint density at radius 2 is 1.74 bits per heavy atom. The van der Waals surface area contributed by atoms with E-state index >= 15 is 0 Å². The van der Waals surface area contributed by atoms with Crippen molar-refractivity contribution in [2.75, 3.05) is 26.8 Å². The summed E-state index contributed by atoms with van der Waals surface area (Å²) in [7, 11) is 1.81. The molecule has 1 heterocycles. The molecule has 1 saturated heterocycles. The van der Waals surface area contributed by atoms with E-state index < -0.39 is 0 Å². The SMILES string of the molecule is COCC(C)N1CC(CC(C)C)NCC1CC(C)C. The second kappa shape index (κ2) is 8.23. The van der Waals surface area contributed by atoms with Crippen LogP contribution in [-0.4, -0.2) is 49.8 Å². The summed E-state index contributed by atoms with van der Waals surface area (Å²) >= 11 is 0. The maximum absolute atomic E-state index is 5.36. The van der Waals surface area contributed by atoms with E-state index in [0.29, 0.717) is 18.1 Å². The first kappa shape index (κ1) is 16.9. The summed E-state index contributed by atoms with van der Waals surface area (Å²) in [5, 5.41) is 3.75. The van der Waals surface area contributed by atoms with E-state index in [9.17, 15) is 0 Å². The standard InChI is InChI=1S/C16H34N2O/c1-12(2)7-15-10-18(14(5)11-19-6)16(9-17-15)8-13(3)4/h12-17H,7-11H2,1-6H3. The third-order valence-corrected chi connectivity index (χ3v) is 4.02. The minimum atomic E-state index is 0.519. The number of nitrogens with zero attached hydrogens (tertiary/aromatic N) is 1. The Morgan fingerprint density at radius 1 is 1.11 bits per heavy atom. The lowest BCUT2D eigenvalue weighted by Gasteiger charge is -2.44. The normalized spacial score (nSPS) is 27.2. The fourth-order valence-electron chi connectivity index (χ4n) is 3.25. The molecule has 3 heteroatoms. The largest absolute Gasteiger partial charge is 0.383 e. The summed E-state index contributed by atoms with van der Waals surface area (Å²) in [6.07, 6.45) is 2.54. The van der Waals surface area contributed by atoms with Gasteiger partial charge in [-0.05, 0) is 31.6 Å². The van der Waals surface area contributed by atoms with Crippen molar-refractivity contribution in [2.45, 2.75) is 65.6 Å². The number of hydrogen-bond donors (Lipinski definition) is 1. The highest BCUT2D eigenvalue weighted by Crippen LogP contribution is 2.20. The summed E-state index contributed by atoms with van der Waals surface area (Å²) in [6.45, 7) is 14.7. The van der Waals surface area contributed by atoms with Crippen LogP contribution in [0.3, 0.4) is 0 Å². The van der Waals surface area contributed by atoms with Crippen molar-refractivity contribution in [2.24, 2.45) is 11.8 Å². The van der Waals surface area contributed by atoms with Crippen LogP contribution in [0.2, 0.25) is 0 Å². The fraction of sp³-hybridized carbons (Fsp3) is 1.00. The van der Waals surface area contributed by atoms with Gasteiger partial charge in [-0.25, -0.2) is 0 Å². The Kier molecular flexibility index (Phi) is 7.33. The zero-order valence-corrected chi connectivity index (χ0v) is 13.8. The lowest BCUT2D eigenvalue weighted by Crippen LogP contribution is -2.60. The van der Waals surface area contributed by atoms with Crippen molar-refractivity contribution in [3.63, 3.8) is 0 Å². The first-order chi connectivity index (χ1) is 8.93. The highest BCUT2D eigenvalue weighted by molar-refractivity contribution is 4.89. The number of hydrogen-bond acceptors (Lipinski definition) is 3. The number of methoxy groups -OCH3 is 1. The molecule has 1 fully saturated rings. The van der Waals surface area contributed by atoms with Gasteiger partial charge in [-0.1, -0.05) is 27.7 Å². The summed E-state index contributed by atoms with van der Waals surface area (Å²) in [5.41, 5.74) is 0. The molecule has 3 nitrogen and oxygen atoms in total. The van der Waals surface area contributed by atoms with Gasteiger partial charge < -0.3 is 10.1 Å². The highest BCUT2D eigenvalue weighted by atomic mass is 16.5. The van der Waals surface area contributed by atoms with Crippen LogP contribution in [0.5, 0.6) is 0 Å². The molecule has 0 aromatic carbocycles. The second-order valence-corrected chi connectivity index (χ2v) is 7.02. The predicted molar refractivity (Wildman–Crippen MR) is 82.5 cm³/mol. The van der Waals surface area contributed by atoms with Crippen LogP contribution < -0.4 is 5.32 Å². The molecule has 0 aromatic rings. The monoisotopic (exact) mass is 270 g/mol. The van der Waals surface area contributed by atoms with Crippen molar-refractivity contribution in [1.82, 2.24) is 10.2 Å². The molecule has 0 bridgehead atoms. The quantitative estimate of drug-likeness (QED) is 0.770. The number of ether oxygens (including phenoxy) is 1. The average molecular weight is 270 g/mol. The minimum Gasteiger partial charge on any atom is -0.383 e. The summed E-state index contributed by atoms with van der Waals surface area (Å²) in [6, 6.07) is 1.82. The van der Waals surface area contributed by atoms with Gasteiger partial charge >= 0.3 is 0 Å². The Labute approximate surface area is 120 Å². The zero-order valence-electron chi connectivity index (χ0n) is 13.8. The first-order valence-corrected chi connectivity index (χ1v) is 7.92. The molecule has 0 spiro atoms. The van der Waals surface area contributed by atoms with Crippen LogP contribution in [0, 0.1) is 11.8 Å². The Morgan fingerprint density at radius 3 is 2.26 bits per heavy atom. The summed E-state index contributed by atoms with van der Waals surface area (Å²) in [5.74, 6) is 1.52. The van der Waals surface area contributed by atoms with Gasteiger partial charge in [0, 0.05) is 38.3 Å². The maximum Gasteiger partial charge on any atom is 0.0615 e. The van der Waals surface area contributed by atoms with Gasteiger partial charge in [-0.15, -0.1) is 0 Å². The molecular formula is C16H34N2O. The van der Waals surface area contributed by atoms with Crippen LogP contribution >= 0.6 is 0 Å². The topological polar surface area (TPSA) is 24.5 Å². The molecule has 0 aliphatic carbocycles. The molecule has 0 radical (unpaired) electrons. The van der Waals surface area contributed by atoms with E-state index in [1.165, 1.54) is 19.4 Å². The van der Waals surface area contributed by atoms with E-state index in [-0.39, 0.29) is 0 Å². The second-order valence-electron chi connectivity index (χ2n) is 7.02. The molecule has 0 aromatic heterocycles. The van der Waals surface area contributed by atoms with Gasteiger partial charge in [-0.2, -0.15) is 0 Å². The molecule has 1 aliphatic rings. The smallest absolute Gasteiger partial charge is 0.0615 e. The van der Waals surface area contributed by atoms with E-state index in [1.807, 2.05) is 7.11 Å². The Hall–Kier alpha value is -0.120. The third-order valence-electron chi connectivity index (χ3n) is 4.02. The fourth-order valence-corrected chi connectivity index (χ4v) is 3.25. The maximum atomic E-state index is 5.36. The molecule has 1 N–H and O–H groups in total. The molecular weight excluding hydrogens is 236 g/mol. The van der Waals surface area contributed by atoms with Crippen molar-refractivity contribution in [3.8, 4) is 0 Å². The number of rotatable bonds is 7. The van der Waals surface area contributed by atoms with Gasteiger partial charge in [0.1, 0.15) is 0 Å². The molecule has 1 aliphatic heterocycles. The lowest BCUT2D eigenvalue weighted by atomic mass is 9.94. The highest BCUT2D eigenvalue weighted by Gasteiger charge is 2.31. The van der Waals surface area contributed by atoms with E-state index in [1.54, 1.807) is 0 Å². The number of nitrogens with one attached hydrogen (secondary N) is 1. The average Bonchev–Trinajstić information content (AvgIpc) is 2.30. The molecule has 0 amide bonds. The van der Waals surface area contributed by atoms with Crippen LogP contribution in [-0.2, 0) is 4.74 Å². The minimum absolute atomic E-state index is 0.519. The van der Waals surface area contributed by atoms with Gasteiger partial charge in [0.25, 0.3) is 0 Å². The van der Waals surface area contributed by atoms with E-state index in [0.717, 1.165) is 25.0 Å². The number of piperazine rings is 1. The lowest BCUT2D eigenvalue weighted by molar-refractivity contribution is 0.0308. The van der Waals surface area contributed by atoms with Gasteiger partial charge in [0.05, 0.1) is 6.61 Å². The van der Waals surface area contributed by atoms with Crippen LogP contribution in [0.1, 0.15) is 47.5 Å². The first-order valence-electron chi connectivity index (χ1n) is 7.92. The van der Waals surface area contributed by atoms with Crippen molar-refractivity contribution in [1.29, 1.82) is 0 Å². The van der Waals surface area contributed by atoms with Crippen LogP contribution in [0.25, 0.3) is 0 Å². The molecule has 114 valence electrons. The summed E-state index contributed by atoms with van der Waals surface area (Å²) < 4.78 is 5.36. The zero-order chi connectivity index (χ0) is 14.4. The van der Waals surface area contributed by atoms with Gasteiger partial charge in [0.15, 0.2) is 0 Å². The van der Waals surface area contributed by atoms with Gasteiger partial charge in [0.2, 0.25) is 0 Å². The third kappa shape index (κ3) is 5.80. The Bertz CT molecular complexity index is 243. The van der Waals surface area contributed by atoms with Crippen molar-refractivity contribution < 1.29 is 4.74 Å². The molecule has 3 unspecified atom stereocenters. The van der Waals surface area contributed by atoms with Crippen LogP contribution in [0.4, 0.5) is 0 Å². The van der Waals surface area contributed by atoms with Crippen molar-refractivity contribution in [3.05, 3.63) is 0 Å². The van der Waals surface area contributed by atoms with Gasteiger partial charge in [-0.3, -0.25) is 4.90 Å². The van der Waals surface area contributed by atoms with E-state index in [2.05, 4.69) is 44.8 Å². The molecule has 3 atom stereocenters. The summed E-state index contributed by atoms with van der Waals surface area (Å²) in [4.78, 5) is 2.67.